The SMILES string of the molecule is COC(=O)c1ccc(N2CCN(Cc3ccccc3-c3ccc(Cl)cc3)CC2)cc1Oc1cccc(-c2ccccc2)c1. The molecule has 0 unspecified atom stereocenters. The van der Waals surface area contributed by atoms with E-state index in [4.69, 9.17) is 21.1 Å². The lowest BCUT2D eigenvalue weighted by molar-refractivity contribution is 0.0598. The third-order valence-electron chi connectivity index (χ3n) is 7.84. The molecule has 1 fully saturated rings. The molecule has 5 aromatic rings. The maximum atomic E-state index is 12.6. The van der Waals surface area contributed by atoms with Crippen LogP contribution >= 0.6 is 11.6 Å². The van der Waals surface area contributed by atoms with E-state index < -0.39 is 5.97 Å². The first-order valence-electron chi connectivity index (χ1n) is 14.4. The van der Waals surface area contributed by atoms with E-state index in [9.17, 15) is 4.79 Å². The van der Waals surface area contributed by atoms with Crippen LogP contribution in [-0.2, 0) is 11.3 Å². The highest BCUT2D eigenvalue weighted by molar-refractivity contribution is 6.30. The number of hydrogen-bond donors (Lipinski definition) is 0. The van der Waals surface area contributed by atoms with E-state index in [0.29, 0.717) is 17.1 Å². The predicted octanol–water partition coefficient (Wildman–Crippen LogP) is 8.58. The smallest absolute Gasteiger partial charge is 0.341 e. The van der Waals surface area contributed by atoms with E-state index in [1.54, 1.807) is 6.07 Å². The van der Waals surface area contributed by atoms with E-state index >= 15 is 0 Å². The second kappa shape index (κ2) is 13.2. The second-order valence-electron chi connectivity index (χ2n) is 10.6. The van der Waals surface area contributed by atoms with E-state index in [0.717, 1.165) is 54.6 Å². The third kappa shape index (κ3) is 6.75. The average Bonchev–Trinajstić information content (AvgIpc) is 3.06. The summed E-state index contributed by atoms with van der Waals surface area (Å²) in [5.74, 6) is 0.714. The first-order chi connectivity index (χ1) is 21.1. The molecule has 0 aliphatic carbocycles. The number of methoxy groups -OCH3 is 1. The van der Waals surface area contributed by atoms with Crippen LogP contribution in [0.1, 0.15) is 15.9 Å². The number of rotatable bonds is 8. The Morgan fingerprint density at radius 3 is 2.21 bits per heavy atom. The molecule has 6 heteroatoms. The number of esters is 1. The lowest BCUT2D eigenvalue weighted by Crippen LogP contribution is -2.46. The fourth-order valence-electron chi connectivity index (χ4n) is 5.54. The minimum atomic E-state index is -0.426. The van der Waals surface area contributed by atoms with Crippen molar-refractivity contribution < 1.29 is 14.3 Å². The van der Waals surface area contributed by atoms with Crippen LogP contribution in [0.4, 0.5) is 5.69 Å². The summed E-state index contributed by atoms with van der Waals surface area (Å²) in [5.41, 5.74) is 7.27. The molecule has 0 bridgehead atoms. The minimum absolute atomic E-state index is 0.397. The summed E-state index contributed by atoms with van der Waals surface area (Å²) < 4.78 is 11.4. The van der Waals surface area contributed by atoms with Crippen LogP contribution in [0.25, 0.3) is 22.3 Å². The largest absolute Gasteiger partial charge is 0.465 e. The van der Waals surface area contributed by atoms with Crippen molar-refractivity contribution in [3.8, 4) is 33.8 Å². The van der Waals surface area contributed by atoms with Gasteiger partial charge in [-0.15, -0.1) is 0 Å². The van der Waals surface area contributed by atoms with Gasteiger partial charge < -0.3 is 14.4 Å². The highest BCUT2D eigenvalue weighted by Crippen LogP contribution is 2.33. The highest BCUT2D eigenvalue weighted by Gasteiger charge is 2.21. The zero-order valence-electron chi connectivity index (χ0n) is 24.1. The van der Waals surface area contributed by atoms with E-state index in [1.165, 1.54) is 23.8 Å². The van der Waals surface area contributed by atoms with Gasteiger partial charge >= 0.3 is 5.97 Å². The Morgan fingerprint density at radius 2 is 1.44 bits per heavy atom. The van der Waals surface area contributed by atoms with Crippen LogP contribution in [0.3, 0.4) is 0 Å². The summed E-state index contributed by atoms with van der Waals surface area (Å²) in [6.45, 7) is 4.44. The Labute approximate surface area is 257 Å². The van der Waals surface area contributed by atoms with Crippen molar-refractivity contribution in [3.63, 3.8) is 0 Å². The fourth-order valence-corrected chi connectivity index (χ4v) is 5.67. The van der Waals surface area contributed by atoms with E-state index in [-0.39, 0.29) is 0 Å². The Kier molecular flexibility index (Phi) is 8.73. The van der Waals surface area contributed by atoms with Crippen molar-refractivity contribution in [3.05, 3.63) is 137 Å². The van der Waals surface area contributed by atoms with Crippen molar-refractivity contribution in [1.82, 2.24) is 4.90 Å². The summed E-state index contributed by atoms with van der Waals surface area (Å²) in [6.07, 6.45) is 0. The molecule has 1 saturated heterocycles. The fraction of sp³-hybridized carbons (Fsp3) is 0.162. The molecule has 5 nitrogen and oxygen atoms in total. The zero-order chi connectivity index (χ0) is 29.6. The molecular formula is C37H33ClN2O3. The van der Waals surface area contributed by atoms with Gasteiger partial charge in [0, 0.05) is 49.5 Å². The van der Waals surface area contributed by atoms with Crippen LogP contribution in [0.2, 0.25) is 5.02 Å². The molecule has 0 aromatic heterocycles. The number of carbonyl (C=O) groups excluding carboxylic acids is 1. The molecule has 0 amide bonds. The van der Waals surface area contributed by atoms with Crippen molar-refractivity contribution in [2.75, 3.05) is 38.2 Å². The van der Waals surface area contributed by atoms with Gasteiger partial charge in [-0.05, 0) is 64.2 Å². The monoisotopic (exact) mass is 588 g/mol. The quantitative estimate of drug-likeness (QED) is 0.170. The van der Waals surface area contributed by atoms with Crippen LogP contribution in [0.5, 0.6) is 11.5 Å². The maximum absolute atomic E-state index is 12.6. The molecule has 0 N–H and O–H groups in total. The molecule has 0 spiro atoms. The average molecular weight is 589 g/mol. The van der Waals surface area contributed by atoms with Gasteiger partial charge in [0.05, 0.1) is 7.11 Å². The van der Waals surface area contributed by atoms with Crippen molar-refractivity contribution in [2.45, 2.75) is 6.54 Å². The van der Waals surface area contributed by atoms with E-state index in [2.05, 4.69) is 58.3 Å². The van der Waals surface area contributed by atoms with E-state index in [1.807, 2.05) is 66.7 Å². The Morgan fingerprint density at radius 1 is 0.721 bits per heavy atom. The van der Waals surface area contributed by atoms with Gasteiger partial charge in [-0.25, -0.2) is 4.79 Å². The number of benzene rings is 5. The Bertz CT molecular complexity index is 1700. The molecule has 1 heterocycles. The van der Waals surface area contributed by atoms with Gasteiger partial charge in [-0.3, -0.25) is 4.90 Å². The Hall–Kier alpha value is -4.58. The van der Waals surface area contributed by atoms with Crippen molar-refractivity contribution in [1.29, 1.82) is 0 Å². The number of hydrogen-bond acceptors (Lipinski definition) is 5. The highest BCUT2D eigenvalue weighted by atomic mass is 35.5. The molecule has 43 heavy (non-hydrogen) atoms. The van der Waals surface area contributed by atoms with Gasteiger partial charge in [0.15, 0.2) is 0 Å². The molecule has 0 atom stereocenters. The maximum Gasteiger partial charge on any atom is 0.341 e. The molecule has 0 saturated carbocycles. The summed E-state index contributed by atoms with van der Waals surface area (Å²) in [6, 6.07) is 40.4. The van der Waals surface area contributed by atoms with Crippen molar-refractivity contribution >= 4 is 23.3 Å². The molecule has 5 aromatic carbocycles. The van der Waals surface area contributed by atoms with Crippen LogP contribution in [-0.4, -0.2) is 44.2 Å². The molecular weight excluding hydrogens is 556 g/mol. The van der Waals surface area contributed by atoms with Crippen LogP contribution < -0.4 is 9.64 Å². The number of halogens is 1. The molecule has 216 valence electrons. The standard InChI is InChI=1S/C37H33ClN2O3/c1-42-37(41)35-19-18-32(25-36(35)43-33-12-7-11-29(24-33)27-8-3-2-4-9-27)40-22-20-39(21-23-40)26-30-10-5-6-13-34(30)28-14-16-31(38)17-15-28/h2-19,24-25H,20-23,26H2,1H3. The van der Waals surface area contributed by atoms with Crippen LogP contribution in [0.15, 0.2) is 121 Å². The normalized spacial score (nSPS) is 13.5. The summed E-state index contributed by atoms with van der Waals surface area (Å²) in [5, 5.41) is 0.742. The number of ether oxygens (including phenoxy) is 2. The zero-order valence-corrected chi connectivity index (χ0v) is 24.8. The molecule has 0 radical (unpaired) electrons. The van der Waals surface area contributed by atoms with Gasteiger partial charge in [-0.1, -0.05) is 90.5 Å². The number of carbonyl (C=O) groups is 1. The summed E-state index contributed by atoms with van der Waals surface area (Å²) in [4.78, 5) is 17.5. The Balaban J connectivity index is 1.17. The van der Waals surface area contributed by atoms with Gasteiger partial charge in [0.2, 0.25) is 0 Å². The minimum Gasteiger partial charge on any atom is -0.465 e. The van der Waals surface area contributed by atoms with Gasteiger partial charge in [0.1, 0.15) is 17.1 Å². The number of nitrogens with zero attached hydrogens (tertiary/aromatic N) is 2. The van der Waals surface area contributed by atoms with Crippen LogP contribution in [0, 0.1) is 0 Å². The van der Waals surface area contributed by atoms with Gasteiger partial charge in [-0.2, -0.15) is 0 Å². The first kappa shape index (κ1) is 28.5. The summed E-state index contributed by atoms with van der Waals surface area (Å²) >= 11 is 6.13. The van der Waals surface area contributed by atoms with Gasteiger partial charge in [0.25, 0.3) is 0 Å². The molecule has 1 aliphatic rings. The number of anilines is 1. The topological polar surface area (TPSA) is 42.0 Å². The second-order valence-corrected chi connectivity index (χ2v) is 11.0. The predicted molar refractivity (Wildman–Crippen MR) is 174 cm³/mol. The van der Waals surface area contributed by atoms with Crippen molar-refractivity contribution in [2.24, 2.45) is 0 Å². The molecule has 1 aliphatic heterocycles. The third-order valence-corrected chi connectivity index (χ3v) is 8.10. The molecule has 6 rings (SSSR count). The lowest BCUT2D eigenvalue weighted by atomic mass is 9.99. The first-order valence-corrected chi connectivity index (χ1v) is 14.8. The number of piperazine rings is 1. The lowest BCUT2D eigenvalue weighted by Gasteiger charge is -2.36. The summed E-state index contributed by atoms with van der Waals surface area (Å²) in [7, 11) is 1.39.